The Bertz CT molecular complexity index is 887. The molecule has 0 unspecified atom stereocenters. The summed E-state index contributed by atoms with van der Waals surface area (Å²) in [5.74, 6) is -0.331. The maximum atomic E-state index is 13.1. The van der Waals surface area contributed by atoms with Crippen molar-refractivity contribution in [1.29, 1.82) is 0 Å². The molecule has 0 radical (unpaired) electrons. The van der Waals surface area contributed by atoms with Gasteiger partial charge < -0.3 is 15.0 Å². The zero-order chi connectivity index (χ0) is 22.4. The topological polar surface area (TPSA) is 58.6 Å². The van der Waals surface area contributed by atoms with E-state index in [9.17, 15) is 9.59 Å². The third kappa shape index (κ3) is 5.59. The van der Waals surface area contributed by atoms with E-state index in [1.807, 2.05) is 38.1 Å². The standard InChI is InChI=1S/C24H28Cl2N2O3/c1-3-5-20(24(30)27-14-4-2)28-21(29)15-31-23(17-8-12-19(26)13-9-17)22(28)16-6-10-18(25)11-7-16/h6-13,20,22-23H,3-5,14-15H2,1-2H3,(H,27,30)/t20-,22-,23+/m0/s1. The summed E-state index contributed by atoms with van der Waals surface area (Å²) in [6.45, 7) is 4.50. The minimum absolute atomic E-state index is 0.0847. The second-order valence-electron chi connectivity index (χ2n) is 7.68. The monoisotopic (exact) mass is 462 g/mol. The van der Waals surface area contributed by atoms with E-state index < -0.39 is 18.2 Å². The maximum Gasteiger partial charge on any atom is 0.249 e. The highest BCUT2D eigenvalue weighted by Crippen LogP contribution is 2.42. The van der Waals surface area contributed by atoms with Crippen LogP contribution in [0.25, 0.3) is 0 Å². The van der Waals surface area contributed by atoms with E-state index in [0.29, 0.717) is 23.0 Å². The van der Waals surface area contributed by atoms with Crippen molar-refractivity contribution < 1.29 is 14.3 Å². The van der Waals surface area contributed by atoms with Crippen LogP contribution in [0.15, 0.2) is 48.5 Å². The van der Waals surface area contributed by atoms with Gasteiger partial charge in [0.15, 0.2) is 0 Å². The predicted octanol–water partition coefficient (Wildman–Crippen LogP) is 5.33. The number of carbonyl (C=O) groups is 2. The first-order chi connectivity index (χ1) is 15.0. The summed E-state index contributed by atoms with van der Waals surface area (Å²) in [5, 5.41) is 4.19. The van der Waals surface area contributed by atoms with Gasteiger partial charge in [-0.3, -0.25) is 9.59 Å². The Kier molecular flexibility index (Phi) is 8.35. The molecule has 31 heavy (non-hydrogen) atoms. The highest BCUT2D eigenvalue weighted by molar-refractivity contribution is 6.30. The van der Waals surface area contributed by atoms with Gasteiger partial charge in [-0.05, 0) is 48.2 Å². The average Bonchev–Trinajstić information content (AvgIpc) is 2.77. The summed E-state index contributed by atoms with van der Waals surface area (Å²) >= 11 is 12.2. The number of nitrogens with one attached hydrogen (secondary N) is 1. The molecular formula is C24H28Cl2N2O3. The molecule has 1 aliphatic rings. The number of carbonyl (C=O) groups excluding carboxylic acids is 2. The molecular weight excluding hydrogens is 435 g/mol. The quantitative estimate of drug-likeness (QED) is 0.576. The average molecular weight is 463 g/mol. The molecule has 0 aromatic heterocycles. The first-order valence-electron chi connectivity index (χ1n) is 10.7. The zero-order valence-electron chi connectivity index (χ0n) is 17.8. The Hall–Kier alpha value is -2.08. The summed E-state index contributed by atoms with van der Waals surface area (Å²) in [7, 11) is 0. The van der Waals surface area contributed by atoms with Gasteiger partial charge in [-0.25, -0.2) is 0 Å². The Balaban J connectivity index is 2.07. The van der Waals surface area contributed by atoms with Crippen LogP contribution in [-0.4, -0.2) is 35.9 Å². The van der Waals surface area contributed by atoms with Crippen molar-refractivity contribution in [1.82, 2.24) is 10.2 Å². The first-order valence-corrected chi connectivity index (χ1v) is 11.4. The van der Waals surface area contributed by atoms with Crippen molar-refractivity contribution in [3.05, 3.63) is 69.7 Å². The minimum Gasteiger partial charge on any atom is -0.361 e. The number of hydrogen-bond acceptors (Lipinski definition) is 3. The molecule has 3 rings (SSSR count). The zero-order valence-corrected chi connectivity index (χ0v) is 19.3. The Morgan fingerprint density at radius 1 is 1.03 bits per heavy atom. The summed E-state index contributed by atoms with van der Waals surface area (Å²) in [4.78, 5) is 27.9. The SMILES string of the molecule is CCCNC(=O)[C@H](CCC)N1C(=O)CO[C@H](c2ccc(Cl)cc2)[C@@H]1c1ccc(Cl)cc1. The van der Waals surface area contributed by atoms with Crippen LogP contribution in [0.5, 0.6) is 0 Å². The fourth-order valence-electron chi connectivity index (χ4n) is 3.96. The lowest BCUT2D eigenvalue weighted by atomic mass is 9.90. The van der Waals surface area contributed by atoms with Crippen LogP contribution in [0, 0.1) is 0 Å². The van der Waals surface area contributed by atoms with Gasteiger partial charge >= 0.3 is 0 Å². The van der Waals surface area contributed by atoms with Gasteiger partial charge in [0.05, 0.1) is 6.04 Å². The molecule has 1 fully saturated rings. The number of halogens is 2. The van der Waals surface area contributed by atoms with E-state index >= 15 is 0 Å². The number of amides is 2. The van der Waals surface area contributed by atoms with E-state index in [4.69, 9.17) is 27.9 Å². The second kappa shape index (κ2) is 11.0. The number of ether oxygens (including phenoxy) is 1. The van der Waals surface area contributed by atoms with Crippen LogP contribution in [0.2, 0.25) is 10.0 Å². The molecule has 0 aliphatic carbocycles. The fraction of sp³-hybridized carbons (Fsp3) is 0.417. The van der Waals surface area contributed by atoms with E-state index in [0.717, 1.165) is 24.0 Å². The summed E-state index contributed by atoms with van der Waals surface area (Å²) < 4.78 is 6.03. The smallest absolute Gasteiger partial charge is 0.249 e. The summed E-state index contributed by atoms with van der Waals surface area (Å²) in [6, 6.07) is 13.7. The molecule has 2 aromatic carbocycles. The third-order valence-electron chi connectivity index (χ3n) is 5.42. The summed E-state index contributed by atoms with van der Waals surface area (Å²) in [6.07, 6.45) is 1.73. The highest BCUT2D eigenvalue weighted by Gasteiger charge is 2.43. The Morgan fingerprint density at radius 3 is 2.16 bits per heavy atom. The molecule has 1 heterocycles. The molecule has 0 spiro atoms. The van der Waals surface area contributed by atoms with Crippen LogP contribution in [-0.2, 0) is 14.3 Å². The minimum atomic E-state index is -0.580. The summed E-state index contributed by atoms with van der Waals surface area (Å²) in [5.41, 5.74) is 1.76. The first kappa shape index (κ1) is 23.6. The fourth-order valence-corrected chi connectivity index (χ4v) is 4.21. The van der Waals surface area contributed by atoms with Crippen molar-refractivity contribution in [2.24, 2.45) is 0 Å². The highest BCUT2D eigenvalue weighted by atomic mass is 35.5. The molecule has 0 bridgehead atoms. The van der Waals surface area contributed by atoms with Gasteiger partial charge in [-0.15, -0.1) is 0 Å². The maximum absolute atomic E-state index is 13.1. The molecule has 0 saturated carbocycles. The van der Waals surface area contributed by atoms with Crippen LogP contribution >= 0.6 is 23.2 Å². The van der Waals surface area contributed by atoms with Crippen molar-refractivity contribution in [2.45, 2.75) is 51.3 Å². The lowest BCUT2D eigenvalue weighted by Crippen LogP contribution is -2.56. The third-order valence-corrected chi connectivity index (χ3v) is 5.92. The lowest BCUT2D eigenvalue weighted by molar-refractivity contribution is -0.167. The molecule has 2 amide bonds. The van der Waals surface area contributed by atoms with Crippen molar-refractivity contribution >= 4 is 35.0 Å². The second-order valence-corrected chi connectivity index (χ2v) is 8.55. The van der Waals surface area contributed by atoms with E-state index in [1.165, 1.54) is 0 Å². The van der Waals surface area contributed by atoms with E-state index in [-0.39, 0.29) is 18.4 Å². The molecule has 1 aliphatic heterocycles. The number of morpholine rings is 1. The van der Waals surface area contributed by atoms with Gasteiger partial charge in [-0.1, -0.05) is 67.7 Å². The number of hydrogen-bond donors (Lipinski definition) is 1. The lowest BCUT2D eigenvalue weighted by Gasteiger charge is -2.45. The van der Waals surface area contributed by atoms with Gasteiger partial charge in [0.1, 0.15) is 18.8 Å². The number of rotatable bonds is 8. The Morgan fingerprint density at radius 2 is 1.61 bits per heavy atom. The largest absolute Gasteiger partial charge is 0.361 e. The molecule has 1 saturated heterocycles. The van der Waals surface area contributed by atoms with Crippen LogP contribution in [0.3, 0.4) is 0 Å². The number of benzene rings is 2. The van der Waals surface area contributed by atoms with Crippen molar-refractivity contribution in [2.75, 3.05) is 13.2 Å². The Labute approximate surface area is 193 Å². The van der Waals surface area contributed by atoms with E-state index in [1.54, 1.807) is 29.2 Å². The van der Waals surface area contributed by atoms with E-state index in [2.05, 4.69) is 5.32 Å². The van der Waals surface area contributed by atoms with Crippen LogP contribution < -0.4 is 5.32 Å². The normalized spacial score (nSPS) is 19.9. The molecule has 1 N–H and O–H groups in total. The molecule has 166 valence electrons. The van der Waals surface area contributed by atoms with Crippen molar-refractivity contribution in [3.63, 3.8) is 0 Å². The van der Waals surface area contributed by atoms with Gasteiger partial charge in [0, 0.05) is 16.6 Å². The predicted molar refractivity (Wildman–Crippen MR) is 123 cm³/mol. The van der Waals surface area contributed by atoms with Crippen LogP contribution in [0.4, 0.5) is 0 Å². The molecule has 2 aromatic rings. The molecule has 3 atom stereocenters. The van der Waals surface area contributed by atoms with Gasteiger partial charge in [0.2, 0.25) is 11.8 Å². The van der Waals surface area contributed by atoms with Crippen LogP contribution in [0.1, 0.15) is 56.4 Å². The van der Waals surface area contributed by atoms with Crippen molar-refractivity contribution in [3.8, 4) is 0 Å². The molecule has 5 nitrogen and oxygen atoms in total. The van der Waals surface area contributed by atoms with Gasteiger partial charge in [0.25, 0.3) is 0 Å². The molecule has 7 heteroatoms. The number of nitrogens with zero attached hydrogens (tertiary/aromatic N) is 1. The van der Waals surface area contributed by atoms with Gasteiger partial charge in [-0.2, -0.15) is 0 Å².